The van der Waals surface area contributed by atoms with Crippen LogP contribution in [0.15, 0.2) is 12.1 Å². The molecule has 1 aliphatic carbocycles. The third-order valence-electron chi connectivity index (χ3n) is 4.23. The zero-order chi connectivity index (χ0) is 18.6. The number of nitrogens with two attached hydrogens (primary N) is 1. The molecule has 1 fully saturated rings. The van der Waals surface area contributed by atoms with Gasteiger partial charge >= 0.3 is 0 Å². The van der Waals surface area contributed by atoms with Crippen molar-refractivity contribution in [3.63, 3.8) is 0 Å². The van der Waals surface area contributed by atoms with E-state index in [0.29, 0.717) is 12.5 Å². The third-order valence-corrected chi connectivity index (χ3v) is 5.71. The highest BCUT2D eigenvalue weighted by Gasteiger charge is 2.26. The number of anilines is 2. The van der Waals surface area contributed by atoms with Gasteiger partial charge in [-0.3, -0.25) is 9.52 Å². The van der Waals surface area contributed by atoms with Crippen LogP contribution in [0, 0.1) is 17.6 Å². The van der Waals surface area contributed by atoms with Crippen molar-refractivity contribution in [3.8, 4) is 0 Å². The first kappa shape index (κ1) is 22.6. The summed E-state index contributed by atoms with van der Waals surface area (Å²) in [5, 5.41) is 2.37. The molecule has 2 atom stereocenters. The number of halogens is 3. The fourth-order valence-electron chi connectivity index (χ4n) is 2.97. The van der Waals surface area contributed by atoms with Crippen molar-refractivity contribution >= 4 is 39.7 Å². The van der Waals surface area contributed by atoms with Gasteiger partial charge in [0.05, 0.1) is 17.1 Å². The third kappa shape index (κ3) is 6.07. The minimum atomic E-state index is -3.73. The van der Waals surface area contributed by atoms with Crippen LogP contribution in [0.1, 0.15) is 39.0 Å². The second-order valence-corrected chi connectivity index (χ2v) is 8.18. The van der Waals surface area contributed by atoms with Crippen LogP contribution in [0.2, 0.25) is 0 Å². The van der Waals surface area contributed by atoms with Crippen molar-refractivity contribution in [1.29, 1.82) is 0 Å². The Labute approximate surface area is 158 Å². The molecule has 1 saturated carbocycles. The van der Waals surface area contributed by atoms with Gasteiger partial charge in [-0.05, 0) is 31.2 Å². The smallest absolute Gasteiger partial charge is 0.232 e. The van der Waals surface area contributed by atoms with Crippen molar-refractivity contribution in [3.05, 3.63) is 23.8 Å². The molecule has 0 saturated heterocycles. The van der Waals surface area contributed by atoms with Gasteiger partial charge in [0.2, 0.25) is 15.9 Å². The average molecular weight is 412 g/mol. The van der Waals surface area contributed by atoms with Crippen molar-refractivity contribution in [2.24, 2.45) is 11.7 Å². The standard InChI is InChI=1S/C16H23F2N3O3S.ClH/c1-2-6-25(23,24)21-15-9-14(11(17)8-12(15)18)20-16(22)7-10-4-3-5-13(10)19;/h8-10,13,21H,2-7,19H2,1H3,(H,20,22);1H/t10-,13+;/m0./s1. The van der Waals surface area contributed by atoms with Gasteiger partial charge in [-0.2, -0.15) is 0 Å². The molecule has 0 bridgehead atoms. The van der Waals surface area contributed by atoms with Crippen molar-refractivity contribution in [2.45, 2.75) is 45.1 Å². The Morgan fingerprint density at radius 1 is 1.23 bits per heavy atom. The second kappa shape index (κ2) is 9.48. The Morgan fingerprint density at radius 3 is 2.46 bits per heavy atom. The van der Waals surface area contributed by atoms with E-state index in [4.69, 9.17) is 5.73 Å². The summed E-state index contributed by atoms with van der Waals surface area (Å²) in [6.45, 7) is 1.67. The number of carbonyl (C=O) groups excluding carboxylic acids is 1. The number of hydrogen-bond donors (Lipinski definition) is 3. The molecule has 0 unspecified atom stereocenters. The summed E-state index contributed by atoms with van der Waals surface area (Å²) in [6.07, 6.45) is 3.14. The molecule has 26 heavy (non-hydrogen) atoms. The molecule has 0 radical (unpaired) electrons. The number of nitrogens with one attached hydrogen (secondary N) is 2. The van der Waals surface area contributed by atoms with Crippen LogP contribution in [-0.4, -0.2) is 26.1 Å². The fourth-order valence-corrected chi connectivity index (χ4v) is 4.10. The first-order valence-electron chi connectivity index (χ1n) is 8.26. The lowest BCUT2D eigenvalue weighted by Gasteiger charge is -2.16. The number of hydrogen-bond acceptors (Lipinski definition) is 4. The molecule has 4 N–H and O–H groups in total. The van der Waals surface area contributed by atoms with E-state index in [-0.39, 0.29) is 42.2 Å². The van der Waals surface area contributed by atoms with E-state index in [9.17, 15) is 22.0 Å². The summed E-state index contributed by atoms with van der Waals surface area (Å²) in [6, 6.07) is 1.44. The zero-order valence-electron chi connectivity index (χ0n) is 14.4. The lowest BCUT2D eigenvalue weighted by atomic mass is 10.00. The van der Waals surface area contributed by atoms with E-state index >= 15 is 0 Å². The highest BCUT2D eigenvalue weighted by atomic mass is 35.5. The number of sulfonamides is 1. The number of benzene rings is 1. The van der Waals surface area contributed by atoms with Gasteiger partial charge in [-0.15, -0.1) is 12.4 Å². The van der Waals surface area contributed by atoms with Crippen molar-refractivity contribution < 1.29 is 22.0 Å². The molecular formula is C16H24ClF2N3O3S. The zero-order valence-corrected chi connectivity index (χ0v) is 16.1. The summed E-state index contributed by atoms with van der Waals surface area (Å²) in [5.74, 6) is -2.61. The second-order valence-electron chi connectivity index (χ2n) is 6.34. The number of carbonyl (C=O) groups is 1. The summed E-state index contributed by atoms with van der Waals surface area (Å²) in [4.78, 5) is 12.1. The van der Waals surface area contributed by atoms with Crippen LogP contribution in [0.3, 0.4) is 0 Å². The van der Waals surface area contributed by atoms with Crippen LogP contribution >= 0.6 is 12.4 Å². The quantitative estimate of drug-likeness (QED) is 0.641. The monoisotopic (exact) mass is 411 g/mol. The number of amides is 1. The Balaban J connectivity index is 0.00000338. The largest absolute Gasteiger partial charge is 0.327 e. The van der Waals surface area contributed by atoms with Gasteiger partial charge in [-0.25, -0.2) is 17.2 Å². The Morgan fingerprint density at radius 2 is 1.88 bits per heavy atom. The SMILES string of the molecule is CCCS(=O)(=O)Nc1cc(NC(=O)C[C@@H]2CCC[C@H]2N)c(F)cc1F.Cl. The number of rotatable bonds is 7. The Bertz CT molecular complexity index is 747. The average Bonchev–Trinajstić information content (AvgIpc) is 2.89. The molecular weight excluding hydrogens is 388 g/mol. The molecule has 1 aromatic rings. The van der Waals surface area contributed by atoms with Crippen molar-refractivity contribution in [1.82, 2.24) is 0 Å². The molecule has 6 nitrogen and oxygen atoms in total. The minimum absolute atomic E-state index is 0. The van der Waals surface area contributed by atoms with Crippen LogP contribution < -0.4 is 15.8 Å². The summed E-state index contributed by atoms with van der Waals surface area (Å²) in [5.41, 5.74) is 5.24. The first-order chi connectivity index (χ1) is 11.7. The molecule has 1 amide bonds. The van der Waals surface area contributed by atoms with Gasteiger partial charge in [0.1, 0.15) is 11.6 Å². The Hall–Kier alpha value is -1.45. The molecule has 148 valence electrons. The van der Waals surface area contributed by atoms with Gasteiger partial charge in [0, 0.05) is 18.5 Å². The van der Waals surface area contributed by atoms with E-state index in [1.165, 1.54) is 0 Å². The molecule has 10 heteroatoms. The van der Waals surface area contributed by atoms with Crippen LogP contribution in [0.5, 0.6) is 0 Å². The van der Waals surface area contributed by atoms with Crippen LogP contribution in [0.25, 0.3) is 0 Å². The highest BCUT2D eigenvalue weighted by molar-refractivity contribution is 7.92. The summed E-state index contributed by atoms with van der Waals surface area (Å²) < 4.78 is 53.3. The normalized spacial score (nSPS) is 19.7. The van der Waals surface area contributed by atoms with Gasteiger partial charge in [-0.1, -0.05) is 13.3 Å². The predicted octanol–water partition coefficient (Wildman–Crippen LogP) is 2.99. The van der Waals surface area contributed by atoms with E-state index in [2.05, 4.69) is 10.0 Å². The maximum absolute atomic E-state index is 13.9. The predicted molar refractivity (Wildman–Crippen MR) is 99.9 cm³/mol. The maximum atomic E-state index is 13.9. The van der Waals surface area contributed by atoms with E-state index in [1.54, 1.807) is 6.92 Å². The first-order valence-corrected chi connectivity index (χ1v) is 9.92. The van der Waals surface area contributed by atoms with Gasteiger partial charge < -0.3 is 11.1 Å². The molecule has 0 heterocycles. The highest BCUT2D eigenvalue weighted by Crippen LogP contribution is 2.28. The van der Waals surface area contributed by atoms with Gasteiger partial charge in [0.25, 0.3) is 0 Å². The van der Waals surface area contributed by atoms with Crippen LogP contribution in [0.4, 0.5) is 20.2 Å². The molecule has 0 spiro atoms. The van der Waals surface area contributed by atoms with Crippen LogP contribution in [-0.2, 0) is 14.8 Å². The van der Waals surface area contributed by atoms with E-state index in [0.717, 1.165) is 25.3 Å². The Kier molecular flexibility index (Phi) is 8.23. The van der Waals surface area contributed by atoms with Crippen molar-refractivity contribution in [2.75, 3.05) is 15.8 Å². The molecule has 1 aliphatic rings. The molecule has 0 aliphatic heterocycles. The fraction of sp³-hybridized carbons (Fsp3) is 0.562. The molecule has 2 rings (SSSR count). The van der Waals surface area contributed by atoms with E-state index < -0.39 is 33.3 Å². The molecule has 0 aromatic heterocycles. The summed E-state index contributed by atoms with van der Waals surface area (Å²) >= 11 is 0. The lowest BCUT2D eigenvalue weighted by Crippen LogP contribution is -2.28. The maximum Gasteiger partial charge on any atom is 0.232 e. The molecule has 1 aromatic carbocycles. The minimum Gasteiger partial charge on any atom is -0.327 e. The lowest BCUT2D eigenvalue weighted by molar-refractivity contribution is -0.117. The van der Waals surface area contributed by atoms with E-state index in [1.807, 2.05) is 0 Å². The summed E-state index contributed by atoms with van der Waals surface area (Å²) in [7, 11) is -3.73. The topological polar surface area (TPSA) is 101 Å². The van der Waals surface area contributed by atoms with Gasteiger partial charge in [0.15, 0.2) is 0 Å².